The summed E-state index contributed by atoms with van der Waals surface area (Å²) in [4.78, 5) is 0. The van der Waals surface area contributed by atoms with Crippen LogP contribution in [0.25, 0.3) is 10.8 Å². The van der Waals surface area contributed by atoms with Gasteiger partial charge in [0, 0.05) is 0 Å². The Labute approximate surface area is 159 Å². The summed E-state index contributed by atoms with van der Waals surface area (Å²) in [6, 6.07) is 16.7. The third-order valence-electron chi connectivity index (χ3n) is 4.11. The molecule has 0 radical (unpaired) electrons. The summed E-state index contributed by atoms with van der Waals surface area (Å²) >= 11 is 0. The van der Waals surface area contributed by atoms with Crippen molar-refractivity contribution in [2.75, 3.05) is 0 Å². The average Bonchev–Trinajstić information content (AvgIpc) is 2.63. The lowest BCUT2D eigenvalue weighted by Gasteiger charge is -1.92. The maximum Gasteiger partial charge on any atom is -0.0184 e. The Hall–Kier alpha value is -1.30. The first-order valence-corrected chi connectivity index (χ1v) is 10.2. The quantitative estimate of drug-likeness (QED) is 0.521. The van der Waals surface area contributed by atoms with E-state index in [2.05, 4.69) is 111 Å². The highest BCUT2D eigenvalue weighted by molar-refractivity contribution is 5.81. The molecule has 25 heavy (non-hydrogen) atoms. The van der Waals surface area contributed by atoms with E-state index in [1.165, 1.54) is 30.0 Å². The van der Waals surface area contributed by atoms with Gasteiger partial charge in [0.2, 0.25) is 0 Å². The van der Waals surface area contributed by atoms with Gasteiger partial charge >= 0.3 is 0 Å². The van der Waals surface area contributed by atoms with Crippen molar-refractivity contribution in [1.29, 1.82) is 0 Å². The minimum atomic E-state index is 0.884. The van der Waals surface area contributed by atoms with E-state index in [4.69, 9.17) is 0 Å². The van der Waals surface area contributed by atoms with E-state index in [0.717, 1.165) is 17.8 Å². The van der Waals surface area contributed by atoms with E-state index in [-0.39, 0.29) is 0 Å². The topological polar surface area (TPSA) is 0 Å². The minimum absolute atomic E-state index is 0.884. The molecule has 0 bridgehead atoms. The summed E-state index contributed by atoms with van der Waals surface area (Å²) in [5, 5.41) is 2.62. The maximum atomic E-state index is 2.22. The second-order valence-corrected chi connectivity index (χ2v) is 7.75. The zero-order chi connectivity index (χ0) is 19.7. The van der Waals surface area contributed by atoms with Crippen LogP contribution in [0.1, 0.15) is 81.6 Å². The Bertz CT molecular complexity index is 410. The molecule has 0 heteroatoms. The number of benzene rings is 2. The summed E-state index contributed by atoms with van der Waals surface area (Å²) in [5.74, 6) is 2.65. The fourth-order valence-electron chi connectivity index (χ4n) is 1.13. The standard InChI is InChI=1S/C10H8.3C5H12/c1-2-6-10-8-4-3-7-9(10)5-1;3*1-4-5(2)3/h1-8H;3*5H,4H2,1-3H3. The fourth-order valence-corrected chi connectivity index (χ4v) is 1.13. The SMILES string of the molecule is CCC(C)C.CCC(C)C.CCC(C)C.c1ccc2ccccc2c1. The lowest BCUT2D eigenvalue weighted by atomic mass is 10.1. The fraction of sp³-hybridized carbons (Fsp3) is 0.600. The van der Waals surface area contributed by atoms with Crippen LogP contribution in [0.5, 0.6) is 0 Å². The van der Waals surface area contributed by atoms with Crippen LogP contribution in [0.3, 0.4) is 0 Å². The molecule has 0 aliphatic carbocycles. The molecule has 0 saturated carbocycles. The van der Waals surface area contributed by atoms with Crippen molar-refractivity contribution in [3.63, 3.8) is 0 Å². The number of fused-ring (bicyclic) bond motifs is 1. The molecule has 2 aromatic carbocycles. The van der Waals surface area contributed by atoms with Gasteiger partial charge in [-0.05, 0) is 28.5 Å². The van der Waals surface area contributed by atoms with E-state index in [1.54, 1.807) is 0 Å². The Kier molecular flexibility index (Phi) is 18.2. The molecule has 0 amide bonds. The lowest BCUT2D eigenvalue weighted by molar-refractivity contribution is 0.626. The van der Waals surface area contributed by atoms with Crippen LogP contribution in [-0.2, 0) is 0 Å². The summed E-state index contributed by atoms with van der Waals surface area (Å²) in [5.41, 5.74) is 0. The normalized spacial score (nSPS) is 9.76. The van der Waals surface area contributed by atoms with Crippen LogP contribution in [0, 0.1) is 17.8 Å². The molecule has 0 aliphatic heterocycles. The Morgan fingerprint density at radius 2 is 0.640 bits per heavy atom. The van der Waals surface area contributed by atoms with Gasteiger partial charge in [-0.1, -0.05) is 130 Å². The number of rotatable bonds is 3. The molecule has 0 spiro atoms. The highest BCUT2D eigenvalue weighted by Gasteiger charge is 1.85. The molecule has 2 rings (SSSR count). The molecule has 0 fully saturated rings. The molecule has 0 nitrogen and oxygen atoms in total. The molecule has 2 aromatic rings. The second-order valence-electron chi connectivity index (χ2n) is 7.75. The van der Waals surface area contributed by atoms with E-state index < -0.39 is 0 Å². The highest BCUT2D eigenvalue weighted by Crippen LogP contribution is 2.11. The van der Waals surface area contributed by atoms with Crippen LogP contribution >= 0.6 is 0 Å². The number of hydrogen-bond acceptors (Lipinski definition) is 0. The van der Waals surface area contributed by atoms with Crippen LogP contribution in [-0.4, -0.2) is 0 Å². The van der Waals surface area contributed by atoms with Gasteiger partial charge in [-0.2, -0.15) is 0 Å². The average molecular weight is 345 g/mol. The smallest absolute Gasteiger partial charge is 0.0184 e. The van der Waals surface area contributed by atoms with E-state index in [9.17, 15) is 0 Å². The van der Waals surface area contributed by atoms with Crippen molar-refractivity contribution >= 4 is 10.8 Å². The van der Waals surface area contributed by atoms with Gasteiger partial charge in [-0.15, -0.1) is 0 Å². The largest absolute Gasteiger partial charge is 0.0651 e. The maximum absolute atomic E-state index is 2.22. The Morgan fingerprint density at radius 3 is 0.760 bits per heavy atom. The molecular weight excluding hydrogens is 300 g/mol. The second kappa shape index (κ2) is 17.5. The third-order valence-corrected chi connectivity index (χ3v) is 4.11. The van der Waals surface area contributed by atoms with Crippen LogP contribution < -0.4 is 0 Å². The Balaban J connectivity index is 0. The van der Waals surface area contributed by atoms with Gasteiger partial charge in [0.25, 0.3) is 0 Å². The molecule has 0 heterocycles. The van der Waals surface area contributed by atoms with Gasteiger partial charge < -0.3 is 0 Å². The summed E-state index contributed by atoms with van der Waals surface area (Å²) in [6.07, 6.45) is 3.92. The van der Waals surface area contributed by atoms with Gasteiger partial charge in [-0.25, -0.2) is 0 Å². The van der Waals surface area contributed by atoms with Crippen molar-refractivity contribution in [1.82, 2.24) is 0 Å². The van der Waals surface area contributed by atoms with E-state index >= 15 is 0 Å². The summed E-state index contributed by atoms with van der Waals surface area (Å²) in [6.45, 7) is 19.9. The van der Waals surface area contributed by atoms with Gasteiger partial charge in [0.05, 0.1) is 0 Å². The molecule has 0 N–H and O–H groups in total. The predicted molar refractivity (Wildman–Crippen MR) is 119 cm³/mol. The minimum Gasteiger partial charge on any atom is -0.0651 e. The zero-order valence-electron chi connectivity index (χ0n) is 18.5. The lowest BCUT2D eigenvalue weighted by Crippen LogP contribution is -1.77. The van der Waals surface area contributed by atoms with E-state index in [1.807, 2.05) is 0 Å². The van der Waals surface area contributed by atoms with Crippen molar-refractivity contribution < 1.29 is 0 Å². The van der Waals surface area contributed by atoms with Gasteiger partial charge in [-0.3, -0.25) is 0 Å². The molecule has 0 aliphatic rings. The molecule has 0 atom stereocenters. The first kappa shape index (κ1) is 25.9. The zero-order valence-corrected chi connectivity index (χ0v) is 18.5. The van der Waals surface area contributed by atoms with Gasteiger partial charge in [0.15, 0.2) is 0 Å². The van der Waals surface area contributed by atoms with Crippen LogP contribution in [0.2, 0.25) is 0 Å². The monoisotopic (exact) mass is 344 g/mol. The van der Waals surface area contributed by atoms with Crippen LogP contribution in [0.4, 0.5) is 0 Å². The molecule has 0 aromatic heterocycles. The molecule has 0 saturated heterocycles. The number of hydrogen-bond donors (Lipinski definition) is 0. The first-order valence-electron chi connectivity index (χ1n) is 10.2. The summed E-state index contributed by atoms with van der Waals surface area (Å²) < 4.78 is 0. The third kappa shape index (κ3) is 18.9. The Morgan fingerprint density at radius 1 is 0.480 bits per heavy atom. The molecular formula is C25H44. The van der Waals surface area contributed by atoms with E-state index in [0.29, 0.717) is 0 Å². The molecule has 0 unspecified atom stereocenters. The highest BCUT2D eigenvalue weighted by atomic mass is 13.9. The van der Waals surface area contributed by atoms with Crippen LogP contribution in [0.15, 0.2) is 48.5 Å². The van der Waals surface area contributed by atoms with Crippen molar-refractivity contribution in [2.24, 2.45) is 17.8 Å². The predicted octanol–water partition coefficient (Wildman–Crippen LogP) is 9.00. The molecule has 144 valence electrons. The summed E-state index contributed by atoms with van der Waals surface area (Å²) in [7, 11) is 0. The first-order chi connectivity index (χ1) is 11.8. The van der Waals surface area contributed by atoms with Gasteiger partial charge in [0.1, 0.15) is 0 Å². The van der Waals surface area contributed by atoms with Crippen molar-refractivity contribution in [2.45, 2.75) is 81.6 Å². The van der Waals surface area contributed by atoms with Crippen molar-refractivity contribution in [3.05, 3.63) is 48.5 Å². The van der Waals surface area contributed by atoms with Crippen molar-refractivity contribution in [3.8, 4) is 0 Å².